The van der Waals surface area contributed by atoms with Gasteiger partial charge in [0.05, 0.1) is 11.1 Å². The maximum Gasteiger partial charge on any atom is 0.204 e. The first-order chi connectivity index (χ1) is 7.31. The van der Waals surface area contributed by atoms with E-state index in [1.807, 2.05) is 36.6 Å². The molecule has 1 aromatic carbocycles. The molecule has 76 valence electrons. The Morgan fingerprint density at radius 1 is 1.33 bits per heavy atom. The lowest BCUT2D eigenvalue weighted by molar-refractivity contribution is 0.104. The Labute approximate surface area is 96.4 Å². The molecule has 0 aliphatic heterocycles. The summed E-state index contributed by atoms with van der Waals surface area (Å²) in [6.07, 6.45) is 3.60. The zero-order valence-electron chi connectivity index (χ0n) is 8.14. The summed E-state index contributed by atoms with van der Waals surface area (Å²) in [5.41, 5.74) is 0.716. The molecular formula is C11H9NOS2. The Bertz CT molecular complexity index is 464. The van der Waals surface area contributed by atoms with E-state index in [4.69, 9.17) is 0 Å². The van der Waals surface area contributed by atoms with Crippen LogP contribution in [0.4, 0.5) is 0 Å². The molecule has 0 amide bonds. The lowest BCUT2D eigenvalue weighted by atomic mass is 10.1. The summed E-state index contributed by atoms with van der Waals surface area (Å²) in [6.45, 7) is 0. The van der Waals surface area contributed by atoms with E-state index in [-0.39, 0.29) is 5.78 Å². The number of benzene rings is 1. The number of hydrogen-bond acceptors (Lipinski definition) is 4. The third-order valence-electron chi connectivity index (χ3n) is 1.92. The number of thiazole rings is 1. The van der Waals surface area contributed by atoms with E-state index in [0.29, 0.717) is 10.4 Å². The van der Waals surface area contributed by atoms with E-state index in [9.17, 15) is 4.79 Å². The summed E-state index contributed by atoms with van der Waals surface area (Å²) in [5.74, 6) is 0.0494. The van der Waals surface area contributed by atoms with Crippen molar-refractivity contribution >= 4 is 28.9 Å². The molecule has 0 spiro atoms. The Morgan fingerprint density at radius 3 is 2.67 bits per heavy atom. The molecule has 0 fully saturated rings. The van der Waals surface area contributed by atoms with Gasteiger partial charge in [-0.15, -0.1) is 11.3 Å². The number of carbonyl (C=O) groups excluding carboxylic acids is 1. The topological polar surface area (TPSA) is 30.0 Å². The van der Waals surface area contributed by atoms with Crippen LogP contribution in [0.15, 0.2) is 40.9 Å². The molecule has 0 unspecified atom stereocenters. The number of thioether (sulfide) groups is 1. The maximum atomic E-state index is 11.9. The van der Waals surface area contributed by atoms with Crippen molar-refractivity contribution in [3.8, 4) is 0 Å². The van der Waals surface area contributed by atoms with Crippen molar-refractivity contribution in [1.82, 2.24) is 4.98 Å². The SMILES string of the molecule is CSc1ncc(C(=O)c2ccccc2)s1. The number of rotatable bonds is 3. The summed E-state index contributed by atoms with van der Waals surface area (Å²) in [4.78, 5) is 16.8. The smallest absolute Gasteiger partial charge is 0.204 e. The summed E-state index contributed by atoms with van der Waals surface area (Å²) in [5, 5.41) is 0. The second-order valence-electron chi connectivity index (χ2n) is 2.89. The quantitative estimate of drug-likeness (QED) is 0.605. The van der Waals surface area contributed by atoms with E-state index in [0.717, 1.165) is 4.34 Å². The molecule has 0 N–H and O–H groups in total. The highest BCUT2D eigenvalue weighted by Crippen LogP contribution is 2.23. The van der Waals surface area contributed by atoms with Crippen LogP contribution < -0.4 is 0 Å². The normalized spacial score (nSPS) is 10.2. The predicted molar refractivity (Wildman–Crippen MR) is 63.8 cm³/mol. The van der Waals surface area contributed by atoms with Gasteiger partial charge in [0.15, 0.2) is 0 Å². The summed E-state index contributed by atoms with van der Waals surface area (Å²) in [7, 11) is 0. The second-order valence-corrected chi connectivity index (χ2v) is 4.97. The van der Waals surface area contributed by atoms with Gasteiger partial charge in [-0.25, -0.2) is 4.98 Å². The van der Waals surface area contributed by atoms with Crippen molar-refractivity contribution < 1.29 is 4.79 Å². The molecule has 0 aliphatic carbocycles. The molecule has 4 heteroatoms. The number of carbonyl (C=O) groups is 1. The van der Waals surface area contributed by atoms with E-state index >= 15 is 0 Å². The zero-order chi connectivity index (χ0) is 10.7. The Morgan fingerprint density at radius 2 is 2.07 bits per heavy atom. The van der Waals surface area contributed by atoms with Gasteiger partial charge in [0, 0.05) is 5.56 Å². The molecule has 2 rings (SSSR count). The molecule has 2 nitrogen and oxygen atoms in total. The molecule has 0 saturated heterocycles. The fraction of sp³-hybridized carbons (Fsp3) is 0.0909. The molecule has 0 atom stereocenters. The van der Waals surface area contributed by atoms with Gasteiger partial charge in [-0.2, -0.15) is 0 Å². The Balaban J connectivity index is 2.29. The monoisotopic (exact) mass is 235 g/mol. The van der Waals surface area contributed by atoms with Crippen LogP contribution in [0, 0.1) is 0 Å². The van der Waals surface area contributed by atoms with Crippen LogP contribution in [-0.2, 0) is 0 Å². The standard InChI is InChI=1S/C11H9NOS2/c1-14-11-12-7-9(15-11)10(13)8-5-3-2-4-6-8/h2-7H,1H3. The lowest BCUT2D eigenvalue weighted by Gasteiger charge is -1.95. The first-order valence-corrected chi connectivity index (χ1v) is 6.45. The summed E-state index contributed by atoms with van der Waals surface area (Å²) >= 11 is 3.00. The number of nitrogens with zero attached hydrogens (tertiary/aromatic N) is 1. The van der Waals surface area contributed by atoms with Gasteiger partial charge in [0.25, 0.3) is 0 Å². The average molecular weight is 235 g/mol. The molecule has 1 aromatic heterocycles. The number of aromatic nitrogens is 1. The highest BCUT2D eigenvalue weighted by atomic mass is 32.2. The van der Waals surface area contributed by atoms with Gasteiger partial charge in [0.1, 0.15) is 4.34 Å². The number of hydrogen-bond donors (Lipinski definition) is 0. The molecule has 0 radical (unpaired) electrons. The average Bonchev–Trinajstić information content (AvgIpc) is 2.78. The molecule has 0 aliphatic rings. The predicted octanol–water partition coefficient (Wildman–Crippen LogP) is 3.10. The Hall–Kier alpha value is -1.13. The van der Waals surface area contributed by atoms with Crippen molar-refractivity contribution in [1.29, 1.82) is 0 Å². The van der Waals surface area contributed by atoms with Crippen molar-refractivity contribution in [3.63, 3.8) is 0 Å². The van der Waals surface area contributed by atoms with Crippen LogP contribution in [-0.4, -0.2) is 17.0 Å². The van der Waals surface area contributed by atoms with E-state index in [1.54, 1.807) is 18.0 Å². The fourth-order valence-electron chi connectivity index (χ4n) is 1.19. The van der Waals surface area contributed by atoms with Crippen molar-refractivity contribution in [3.05, 3.63) is 47.0 Å². The molecular weight excluding hydrogens is 226 g/mol. The molecule has 15 heavy (non-hydrogen) atoms. The zero-order valence-corrected chi connectivity index (χ0v) is 9.77. The van der Waals surface area contributed by atoms with Crippen molar-refractivity contribution in [2.24, 2.45) is 0 Å². The lowest BCUT2D eigenvalue weighted by Crippen LogP contribution is -1.97. The summed E-state index contributed by atoms with van der Waals surface area (Å²) in [6, 6.07) is 9.27. The minimum atomic E-state index is 0.0494. The molecule has 0 saturated carbocycles. The minimum Gasteiger partial charge on any atom is -0.288 e. The van der Waals surface area contributed by atoms with Crippen LogP contribution in [0.2, 0.25) is 0 Å². The van der Waals surface area contributed by atoms with Gasteiger partial charge in [0.2, 0.25) is 5.78 Å². The third-order valence-corrected chi connectivity index (χ3v) is 3.91. The van der Waals surface area contributed by atoms with Crippen LogP contribution >= 0.6 is 23.1 Å². The fourth-order valence-corrected chi connectivity index (χ4v) is 2.56. The van der Waals surface area contributed by atoms with E-state index < -0.39 is 0 Å². The van der Waals surface area contributed by atoms with Gasteiger partial charge in [-0.3, -0.25) is 4.79 Å². The van der Waals surface area contributed by atoms with Crippen molar-refractivity contribution in [2.75, 3.05) is 6.26 Å². The van der Waals surface area contributed by atoms with E-state index in [2.05, 4.69) is 4.98 Å². The largest absolute Gasteiger partial charge is 0.288 e. The maximum absolute atomic E-state index is 11.9. The van der Waals surface area contributed by atoms with Gasteiger partial charge < -0.3 is 0 Å². The van der Waals surface area contributed by atoms with Gasteiger partial charge >= 0.3 is 0 Å². The van der Waals surface area contributed by atoms with Gasteiger partial charge in [-0.05, 0) is 6.26 Å². The highest BCUT2D eigenvalue weighted by molar-refractivity contribution is 8.00. The third kappa shape index (κ3) is 2.27. The number of ketones is 1. The first kappa shape index (κ1) is 10.4. The first-order valence-electron chi connectivity index (χ1n) is 4.41. The van der Waals surface area contributed by atoms with Crippen molar-refractivity contribution in [2.45, 2.75) is 4.34 Å². The van der Waals surface area contributed by atoms with Crippen LogP contribution in [0.1, 0.15) is 15.2 Å². The molecule has 1 heterocycles. The highest BCUT2D eigenvalue weighted by Gasteiger charge is 2.11. The van der Waals surface area contributed by atoms with Crippen LogP contribution in [0.25, 0.3) is 0 Å². The van der Waals surface area contributed by atoms with E-state index in [1.165, 1.54) is 11.3 Å². The minimum absolute atomic E-state index is 0.0494. The molecule has 2 aromatic rings. The Kier molecular flexibility index (Phi) is 3.18. The van der Waals surface area contributed by atoms with Gasteiger partial charge in [-0.1, -0.05) is 42.1 Å². The molecule has 0 bridgehead atoms. The van der Waals surface area contributed by atoms with Crippen LogP contribution in [0.3, 0.4) is 0 Å². The van der Waals surface area contributed by atoms with Crippen LogP contribution in [0.5, 0.6) is 0 Å². The second kappa shape index (κ2) is 4.59. The summed E-state index contributed by atoms with van der Waals surface area (Å²) < 4.78 is 0.925.